The Morgan fingerprint density at radius 2 is 1.92 bits per heavy atom. The number of hydrogen-bond donors (Lipinski definition) is 3. The van der Waals surface area contributed by atoms with Crippen LogP contribution >= 0.6 is 0 Å². The molecule has 0 bridgehead atoms. The van der Waals surface area contributed by atoms with Gasteiger partial charge in [-0.3, -0.25) is 14.7 Å². The first-order valence-electron chi connectivity index (χ1n) is 8.43. The van der Waals surface area contributed by atoms with Crippen LogP contribution in [-0.4, -0.2) is 47.0 Å². The van der Waals surface area contributed by atoms with E-state index in [4.69, 9.17) is 5.73 Å². The predicted molar refractivity (Wildman–Crippen MR) is 92.0 cm³/mol. The number of piperidine rings is 1. The van der Waals surface area contributed by atoms with Gasteiger partial charge in [-0.1, -0.05) is 13.8 Å². The molecule has 1 fully saturated rings. The van der Waals surface area contributed by atoms with Gasteiger partial charge < -0.3 is 16.4 Å². The summed E-state index contributed by atoms with van der Waals surface area (Å²) in [5.74, 6) is -0.539. The van der Waals surface area contributed by atoms with Gasteiger partial charge in [0.25, 0.3) is 0 Å². The van der Waals surface area contributed by atoms with E-state index in [0.29, 0.717) is 0 Å². The molecule has 0 aliphatic carbocycles. The molecule has 3 amide bonds. The van der Waals surface area contributed by atoms with Crippen LogP contribution in [0, 0.1) is 5.92 Å². The maximum absolute atomic E-state index is 12.1. The highest BCUT2D eigenvalue weighted by Crippen LogP contribution is 2.13. The van der Waals surface area contributed by atoms with Gasteiger partial charge in [0, 0.05) is 38.1 Å². The van der Waals surface area contributed by atoms with Crippen molar-refractivity contribution in [2.45, 2.75) is 45.3 Å². The quantitative estimate of drug-likeness (QED) is 0.718. The van der Waals surface area contributed by atoms with E-state index in [-0.39, 0.29) is 18.0 Å². The maximum Gasteiger partial charge on any atom is 0.315 e. The Labute approximate surface area is 143 Å². The maximum atomic E-state index is 12.1. The number of primary amides is 1. The van der Waals surface area contributed by atoms with Crippen LogP contribution in [0.2, 0.25) is 0 Å². The predicted octanol–water partition coefficient (Wildman–Crippen LogP) is 0.855. The zero-order valence-electron chi connectivity index (χ0n) is 14.4. The molecule has 0 unspecified atom stereocenters. The van der Waals surface area contributed by atoms with Crippen molar-refractivity contribution in [3.63, 3.8) is 0 Å². The molecule has 2 heterocycles. The second kappa shape index (κ2) is 8.63. The Hall–Kier alpha value is -2.15. The first-order chi connectivity index (χ1) is 11.5. The number of aromatic nitrogens is 1. The molecule has 1 aliphatic heterocycles. The monoisotopic (exact) mass is 333 g/mol. The Morgan fingerprint density at radius 3 is 2.46 bits per heavy atom. The lowest BCUT2D eigenvalue weighted by Gasteiger charge is -2.32. The van der Waals surface area contributed by atoms with Crippen LogP contribution in [0.25, 0.3) is 0 Å². The lowest BCUT2D eigenvalue weighted by atomic mass is 10.0. The minimum atomic E-state index is -0.642. The summed E-state index contributed by atoms with van der Waals surface area (Å²) in [6.07, 6.45) is 5.39. The van der Waals surface area contributed by atoms with Gasteiger partial charge in [-0.25, -0.2) is 4.79 Å². The van der Waals surface area contributed by atoms with Crippen LogP contribution in [0.4, 0.5) is 4.79 Å². The summed E-state index contributed by atoms with van der Waals surface area (Å²) in [6.45, 7) is 6.46. The van der Waals surface area contributed by atoms with Crippen LogP contribution in [0.1, 0.15) is 32.3 Å². The molecule has 0 saturated carbocycles. The fourth-order valence-electron chi connectivity index (χ4n) is 2.92. The van der Waals surface area contributed by atoms with E-state index in [9.17, 15) is 9.59 Å². The van der Waals surface area contributed by atoms with Crippen molar-refractivity contribution < 1.29 is 9.59 Å². The number of amides is 3. The van der Waals surface area contributed by atoms with Gasteiger partial charge in [0.1, 0.15) is 6.04 Å². The van der Waals surface area contributed by atoms with Crippen LogP contribution in [0.15, 0.2) is 24.5 Å². The zero-order chi connectivity index (χ0) is 17.5. The first kappa shape index (κ1) is 18.2. The second-order valence-corrected chi connectivity index (χ2v) is 6.65. The van der Waals surface area contributed by atoms with Gasteiger partial charge in [0.05, 0.1) is 0 Å². The highest BCUT2D eigenvalue weighted by atomic mass is 16.2. The van der Waals surface area contributed by atoms with E-state index < -0.39 is 11.9 Å². The van der Waals surface area contributed by atoms with Gasteiger partial charge in [-0.15, -0.1) is 0 Å². The summed E-state index contributed by atoms with van der Waals surface area (Å²) in [5, 5.41) is 5.62. The van der Waals surface area contributed by atoms with E-state index in [1.807, 2.05) is 26.0 Å². The van der Waals surface area contributed by atoms with Crippen molar-refractivity contribution in [1.29, 1.82) is 0 Å². The zero-order valence-corrected chi connectivity index (χ0v) is 14.4. The number of urea groups is 1. The summed E-state index contributed by atoms with van der Waals surface area (Å²) in [7, 11) is 0. The molecule has 7 heteroatoms. The minimum Gasteiger partial charge on any atom is -0.368 e. The fourth-order valence-corrected chi connectivity index (χ4v) is 2.92. The Morgan fingerprint density at radius 1 is 1.29 bits per heavy atom. The molecule has 1 aliphatic rings. The first-order valence-corrected chi connectivity index (χ1v) is 8.43. The Kier molecular flexibility index (Phi) is 6.54. The minimum absolute atomic E-state index is 0.0320. The highest BCUT2D eigenvalue weighted by Gasteiger charge is 2.24. The van der Waals surface area contributed by atoms with Crippen molar-refractivity contribution in [3.8, 4) is 0 Å². The van der Waals surface area contributed by atoms with Crippen LogP contribution < -0.4 is 16.4 Å². The number of hydrogen-bond acceptors (Lipinski definition) is 4. The van der Waals surface area contributed by atoms with Crippen LogP contribution in [0.3, 0.4) is 0 Å². The molecule has 24 heavy (non-hydrogen) atoms. The SMILES string of the molecule is CC(C)[C@@H](NC(=O)NC1CCN(Cc2ccncc2)CC1)C(N)=O. The topological polar surface area (TPSA) is 100 Å². The molecule has 0 aromatic carbocycles. The lowest BCUT2D eigenvalue weighted by Crippen LogP contribution is -2.54. The molecule has 0 spiro atoms. The number of nitrogens with one attached hydrogen (secondary N) is 2. The highest BCUT2D eigenvalue weighted by molar-refractivity contribution is 5.86. The molecule has 0 radical (unpaired) electrons. The molecule has 1 aromatic rings. The van der Waals surface area contributed by atoms with E-state index in [1.165, 1.54) is 5.56 Å². The number of carbonyl (C=O) groups is 2. The van der Waals surface area contributed by atoms with E-state index in [1.54, 1.807) is 12.4 Å². The van der Waals surface area contributed by atoms with Crippen molar-refractivity contribution in [3.05, 3.63) is 30.1 Å². The number of carbonyl (C=O) groups excluding carboxylic acids is 2. The van der Waals surface area contributed by atoms with E-state index in [2.05, 4.69) is 20.5 Å². The van der Waals surface area contributed by atoms with Gasteiger partial charge in [0.15, 0.2) is 0 Å². The molecule has 132 valence electrons. The van der Waals surface area contributed by atoms with Crippen molar-refractivity contribution in [2.24, 2.45) is 11.7 Å². The number of nitrogens with zero attached hydrogens (tertiary/aromatic N) is 2. The average molecular weight is 333 g/mol. The summed E-state index contributed by atoms with van der Waals surface area (Å²) in [5.41, 5.74) is 6.56. The third-order valence-electron chi connectivity index (χ3n) is 4.34. The molecule has 7 nitrogen and oxygen atoms in total. The fraction of sp³-hybridized carbons (Fsp3) is 0.588. The number of rotatable bonds is 6. The third kappa shape index (κ3) is 5.49. The lowest BCUT2D eigenvalue weighted by molar-refractivity contribution is -0.120. The number of likely N-dealkylation sites (tertiary alicyclic amines) is 1. The summed E-state index contributed by atoms with van der Waals surface area (Å²) in [4.78, 5) is 29.8. The van der Waals surface area contributed by atoms with Crippen molar-refractivity contribution in [2.75, 3.05) is 13.1 Å². The Balaban J connectivity index is 1.74. The van der Waals surface area contributed by atoms with Crippen LogP contribution in [0.5, 0.6) is 0 Å². The van der Waals surface area contributed by atoms with Crippen molar-refractivity contribution >= 4 is 11.9 Å². The normalized spacial score (nSPS) is 17.5. The molecule has 1 saturated heterocycles. The molecule has 4 N–H and O–H groups in total. The van der Waals surface area contributed by atoms with E-state index >= 15 is 0 Å². The molecule has 1 aromatic heterocycles. The van der Waals surface area contributed by atoms with Crippen LogP contribution in [-0.2, 0) is 11.3 Å². The van der Waals surface area contributed by atoms with Gasteiger partial charge >= 0.3 is 6.03 Å². The molecular formula is C17H27N5O2. The van der Waals surface area contributed by atoms with Crippen molar-refractivity contribution in [1.82, 2.24) is 20.5 Å². The smallest absolute Gasteiger partial charge is 0.315 e. The van der Waals surface area contributed by atoms with E-state index in [0.717, 1.165) is 32.5 Å². The average Bonchev–Trinajstić information content (AvgIpc) is 2.55. The Bertz CT molecular complexity index is 541. The standard InChI is InChI=1S/C17H27N5O2/c1-12(2)15(16(18)23)21-17(24)20-14-5-9-22(10-6-14)11-13-3-7-19-8-4-13/h3-4,7-8,12,14-15H,5-6,9-11H2,1-2H3,(H2,18,23)(H2,20,21,24)/t15-/m1/s1. The van der Waals surface area contributed by atoms with Gasteiger partial charge in [-0.05, 0) is 36.5 Å². The van der Waals surface area contributed by atoms with Gasteiger partial charge in [0.2, 0.25) is 5.91 Å². The molecular weight excluding hydrogens is 306 g/mol. The molecule has 2 rings (SSSR count). The molecule has 1 atom stereocenters. The second-order valence-electron chi connectivity index (χ2n) is 6.65. The summed E-state index contributed by atoms with van der Waals surface area (Å²) in [6, 6.07) is 3.21. The largest absolute Gasteiger partial charge is 0.368 e. The third-order valence-corrected chi connectivity index (χ3v) is 4.34. The summed E-state index contributed by atoms with van der Waals surface area (Å²) >= 11 is 0. The number of pyridine rings is 1. The summed E-state index contributed by atoms with van der Waals surface area (Å²) < 4.78 is 0. The van der Waals surface area contributed by atoms with Gasteiger partial charge in [-0.2, -0.15) is 0 Å². The number of nitrogens with two attached hydrogens (primary N) is 1.